The Balaban J connectivity index is 2.99. The Morgan fingerprint density at radius 2 is 1.50 bits per heavy atom. The van der Waals surface area contributed by atoms with Gasteiger partial charge < -0.3 is 31.9 Å². The first-order chi connectivity index (χ1) is 16.1. The molecular weight excluding hydrogens is 484 g/mol. The topological polar surface area (TPSA) is 188 Å². The Morgan fingerprint density at radius 3 is 2.03 bits per heavy atom. The molecule has 1 aromatic rings. The van der Waals surface area contributed by atoms with Crippen molar-refractivity contribution in [1.29, 1.82) is 0 Å². The summed E-state index contributed by atoms with van der Waals surface area (Å²) in [6.45, 7) is 0. The molecule has 0 spiro atoms. The molecule has 0 heterocycles. The highest BCUT2D eigenvalue weighted by Gasteiger charge is 2.30. The maximum atomic E-state index is 12.8. The van der Waals surface area contributed by atoms with Crippen LogP contribution in [-0.2, 0) is 30.4 Å². The SMILES string of the molecule is CSCCC(N)C(=O)NC(CS)C(=O)NC(Cc1ccccc1)C(=O)NC(CC(=O)O)C(=O)O. The van der Waals surface area contributed by atoms with Crippen molar-refractivity contribution in [3.8, 4) is 0 Å². The monoisotopic (exact) mass is 514 g/mol. The van der Waals surface area contributed by atoms with Crippen molar-refractivity contribution >= 4 is 54.1 Å². The summed E-state index contributed by atoms with van der Waals surface area (Å²) in [6, 6.07) is 3.78. The number of hydrogen-bond donors (Lipinski definition) is 7. The van der Waals surface area contributed by atoms with Crippen molar-refractivity contribution in [2.45, 2.75) is 43.4 Å². The Kier molecular flexibility index (Phi) is 13.1. The molecule has 0 aliphatic carbocycles. The first kappa shape index (κ1) is 29.3. The molecule has 0 bridgehead atoms. The first-order valence-electron chi connectivity index (χ1n) is 10.3. The first-order valence-corrected chi connectivity index (χ1v) is 12.4. The summed E-state index contributed by atoms with van der Waals surface area (Å²) < 4.78 is 0. The van der Waals surface area contributed by atoms with Crippen LogP contribution in [-0.4, -0.2) is 81.8 Å². The van der Waals surface area contributed by atoms with E-state index in [1.807, 2.05) is 6.26 Å². The molecule has 4 atom stereocenters. The van der Waals surface area contributed by atoms with Gasteiger partial charge in [0.1, 0.15) is 18.1 Å². The van der Waals surface area contributed by atoms with E-state index in [1.54, 1.807) is 30.3 Å². The molecule has 4 unspecified atom stereocenters. The fourth-order valence-corrected chi connectivity index (χ4v) is 3.57. The Labute approximate surface area is 207 Å². The van der Waals surface area contributed by atoms with Gasteiger partial charge in [-0.15, -0.1) is 0 Å². The van der Waals surface area contributed by atoms with Gasteiger partial charge in [0.25, 0.3) is 0 Å². The van der Waals surface area contributed by atoms with Gasteiger partial charge in [-0.25, -0.2) is 4.79 Å². The third-order valence-corrected chi connectivity index (χ3v) is 5.70. The van der Waals surface area contributed by atoms with Crippen LogP contribution in [0.3, 0.4) is 0 Å². The molecule has 0 fully saturated rings. The normalized spacial score (nSPS) is 14.2. The van der Waals surface area contributed by atoms with E-state index < -0.39 is 60.2 Å². The number of aliphatic carboxylic acids is 2. The summed E-state index contributed by atoms with van der Waals surface area (Å²) >= 11 is 5.62. The number of thiol groups is 1. The minimum Gasteiger partial charge on any atom is -0.481 e. The van der Waals surface area contributed by atoms with Crippen molar-refractivity contribution < 1.29 is 34.2 Å². The number of carbonyl (C=O) groups excluding carboxylic acids is 3. The number of rotatable bonds is 15. The Bertz CT molecular complexity index is 857. The van der Waals surface area contributed by atoms with Gasteiger partial charge in [0, 0.05) is 12.2 Å². The van der Waals surface area contributed by atoms with Gasteiger partial charge in [0.15, 0.2) is 0 Å². The predicted octanol–water partition coefficient (Wildman–Crippen LogP) is -0.747. The molecule has 0 aliphatic rings. The molecule has 11 nitrogen and oxygen atoms in total. The average molecular weight is 515 g/mol. The number of carboxylic acids is 2. The van der Waals surface area contributed by atoms with E-state index in [4.69, 9.17) is 10.8 Å². The molecule has 1 aromatic carbocycles. The number of carboxylic acid groups (broad SMARTS) is 2. The maximum Gasteiger partial charge on any atom is 0.326 e. The number of nitrogens with one attached hydrogen (secondary N) is 3. The van der Waals surface area contributed by atoms with E-state index in [1.165, 1.54) is 11.8 Å². The van der Waals surface area contributed by atoms with Crippen LogP contribution in [0.25, 0.3) is 0 Å². The summed E-state index contributed by atoms with van der Waals surface area (Å²) in [7, 11) is 0. The summed E-state index contributed by atoms with van der Waals surface area (Å²) in [5.41, 5.74) is 6.50. The minimum absolute atomic E-state index is 0.00169. The van der Waals surface area contributed by atoms with Gasteiger partial charge in [-0.1, -0.05) is 30.3 Å². The number of amides is 3. The number of thioether (sulfide) groups is 1. The molecule has 34 heavy (non-hydrogen) atoms. The second-order valence-electron chi connectivity index (χ2n) is 7.38. The third-order valence-electron chi connectivity index (χ3n) is 4.69. The van der Waals surface area contributed by atoms with Crippen LogP contribution in [0.15, 0.2) is 30.3 Å². The lowest BCUT2D eigenvalue weighted by molar-refractivity contribution is -0.147. The maximum absolute atomic E-state index is 12.8. The summed E-state index contributed by atoms with van der Waals surface area (Å²) in [5.74, 6) is -4.50. The molecule has 0 aliphatic heterocycles. The number of nitrogens with two attached hydrogens (primary N) is 1. The molecule has 1 rings (SSSR count). The van der Waals surface area contributed by atoms with Crippen molar-refractivity contribution in [2.75, 3.05) is 17.8 Å². The molecule has 188 valence electrons. The zero-order chi connectivity index (χ0) is 25.7. The van der Waals surface area contributed by atoms with E-state index in [2.05, 4.69) is 28.6 Å². The van der Waals surface area contributed by atoms with Crippen molar-refractivity contribution in [2.24, 2.45) is 5.73 Å². The molecule has 0 saturated carbocycles. The second-order valence-corrected chi connectivity index (χ2v) is 8.73. The van der Waals surface area contributed by atoms with Crippen LogP contribution >= 0.6 is 24.4 Å². The summed E-state index contributed by atoms with van der Waals surface area (Å²) in [4.78, 5) is 60.3. The van der Waals surface area contributed by atoms with Crippen LogP contribution in [0.4, 0.5) is 0 Å². The van der Waals surface area contributed by atoms with Gasteiger partial charge in [-0.05, 0) is 24.0 Å². The van der Waals surface area contributed by atoms with Gasteiger partial charge in [-0.3, -0.25) is 19.2 Å². The van der Waals surface area contributed by atoms with E-state index in [0.717, 1.165) is 0 Å². The quantitative estimate of drug-likeness (QED) is 0.148. The average Bonchev–Trinajstić information content (AvgIpc) is 2.79. The summed E-state index contributed by atoms with van der Waals surface area (Å²) in [5, 5.41) is 25.3. The van der Waals surface area contributed by atoms with Gasteiger partial charge in [-0.2, -0.15) is 24.4 Å². The van der Waals surface area contributed by atoms with Gasteiger partial charge >= 0.3 is 11.9 Å². The van der Waals surface area contributed by atoms with E-state index in [9.17, 15) is 29.1 Å². The molecule has 3 amide bonds. The number of carbonyl (C=O) groups is 5. The summed E-state index contributed by atoms with van der Waals surface area (Å²) in [6.07, 6.45) is 1.44. The predicted molar refractivity (Wildman–Crippen MR) is 131 cm³/mol. The number of benzene rings is 1. The Hall–Kier alpha value is -2.77. The van der Waals surface area contributed by atoms with Crippen molar-refractivity contribution in [3.63, 3.8) is 0 Å². The highest BCUT2D eigenvalue weighted by atomic mass is 32.2. The molecule has 7 N–H and O–H groups in total. The van der Waals surface area contributed by atoms with Crippen molar-refractivity contribution in [1.82, 2.24) is 16.0 Å². The van der Waals surface area contributed by atoms with Crippen molar-refractivity contribution in [3.05, 3.63) is 35.9 Å². The third kappa shape index (κ3) is 10.4. The Morgan fingerprint density at radius 1 is 0.941 bits per heavy atom. The van der Waals surface area contributed by atoms with Gasteiger partial charge in [0.2, 0.25) is 17.7 Å². The zero-order valence-electron chi connectivity index (χ0n) is 18.6. The lowest BCUT2D eigenvalue weighted by Crippen LogP contribution is -2.58. The van der Waals surface area contributed by atoms with Crippen LogP contribution < -0.4 is 21.7 Å². The largest absolute Gasteiger partial charge is 0.481 e. The molecule has 13 heteroatoms. The van der Waals surface area contributed by atoms with Crippen LogP contribution in [0.2, 0.25) is 0 Å². The van der Waals surface area contributed by atoms with Crippen LogP contribution in [0.5, 0.6) is 0 Å². The standard InChI is InChI=1S/C21H30N4O7S2/c1-34-8-7-13(22)18(28)25-16(11-33)20(30)23-14(9-12-5-3-2-4-6-12)19(29)24-15(21(31)32)10-17(26)27/h2-6,13-16,33H,7-11,22H2,1H3,(H,23,30)(H,24,29)(H,25,28)(H,26,27)(H,31,32). The molecule has 0 saturated heterocycles. The van der Waals surface area contributed by atoms with E-state index >= 15 is 0 Å². The lowest BCUT2D eigenvalue weighted by atomic mass is 10.0. The highest BCUT2D eigenvalue weighted by Crippen LogP contribution is 2.06. The highest BCUT2D eigenvalue weighted by molar-refractivity contribution is 7.98. The van der Waals surface area contributed by atoms with Crippen LogP contribution in [0, 0.1) is 0 Å². The fourth-order valence-electron chi connectivity index (χ4n) is 2.83. The smallest absolute Gasteiger partial charge is 0.326 e. The molecule has 0 aromatic heterocycles. The fraction of sp³-hybridized carbons (Fsp3) is 0.476. The minimum atomic E-state index is -1.69. The number of hydrogen-bond acceptors (Lipinski definition) is 8. The lowest BCUT2D eigenvalue weighted by Gasteiger charge is -2.24. The molecular formula is C21H30N4O7S2. The molecule has 0 radical (unpaired) electrons. The van der Waals surface area contributed by atoms with E-state index in [-0.39, 0.29) is 12.2 Å². The van der Waals surface area contributed by atoms with Crippen LogP contribution in [0.1, 0.15) is 18.4 Å². The zero-order valence-corrected chi connectivity index (χ0v) is 20.3. The second kappa shape index (κ2) is 15.2. The van der Waals surface area contributed by atoms with E-state index in [0.29, 0.717) is 17.7 Å². The van der Waals surface area contributed by atoms with Gasteiger partial charge in [0.05, 0.1) is 12.5 Å².